The number of nitroso groups, excluding NO2 is 1. The fraction of sp³-hybridized carbons (Fsp3) is 0.118. The minimum atomic E-state index is -1.05. The lowest BCUT2D eigenvalue weighted by Gasteiger charge is -2.06. The average molecular weight is 293 g/mol. The van der Waals surface area contributed by atoms with E-state index in [1.54, 1.807) is 0 Å². The minimum absolute atomic E-state index is 0.191. The summed E-state index contributed by atoms with van der Waals surface area (Å²) in [5.41, 5.74) is 1.62. The Morgan fingerprint density at radius 3 is 2.86 bits per heavy atom. The van der Waals surface area contributed by atoms with Gasteiger partial charge in [0, 0.05) is 16.6 Å². The number of carbonyl (C=O) groups excluding carboxylic acids is 1. The van der Waals surface area contributed by atoms with Gasteiger partial charge < -0.3 is 9.52 Å². The molecule has 1 N–H and O–H groups in total. The molecule has 1 amide bonds. The maximum atomic E-state index is 11.4. The van der Waals surface area contributed by atoms with E-state index in [0.29, 0.717) is 22.3 Å². The van der Waals surface area contributed by atoms with E-state index in [-0.39, 0.29) is 11.3 Å². The number of rotatable bonds is 2. The summed E-state index contributed by atoms with van der Waals surface area (Å²) in [6, 6.07) is 2.62. The van der Waals surface area contributed by atoms with Crippen molar-refractivity contribution in [1.29, 1.82) is 0 Å². The highest BCUT2D eigenvalue weighted by molar-refractivity contribution is 6.03. The number of phenols is 1. The number of furan rings is 1. The quantitative estimate of drug-likeness (QED) is 0.675. The molecule has 1 aromatic carbocycles. The number of amides is 1. The summed E-state index contributed by atoms with van der Waals surface area (Å²) in [5, 5.41) is 12.7. The predicted molar refractivity (Wildman–Crippen MR) is 82.3 cm³/mol. The van der Waals surface area contributed by atoms with Crippen molar-refractivity contribution >= 4 is 22.4 Å². The number of hydrogen-bond acceptors (Lipinski definition) is 4. The molecule has 1 aliphatic carbocycles. The highest BCUT2D eigenvalue weighted by Gasteiger charge is 2.21. The lowest BCUT2D eigenvalue weighted by molar-refractivity contribution is 0.0998. The first kappa shape index (κ1) is 13.8. The van der Waals surface area contributed by atoms with Gasteiger partial charge in [-0.25, -0.2) is 0 Å². The zero-order valence-corrected chi connectivity index (χ0v) is 11.5. The molecule has 0 saturated carbocycles. The van der Waals surface area contributed by atoms with Gasteiger partial charge in [0.25, 0.3) is 0 Å². The van der Waals surface area contributed by atoms with Crippen LogP contribution in [-0.2, 0) is 0 Å². The molecule has 5 heteroatoms. The van der Waals surface area contributed by atoms with Crippen molar-refractivity contribution in [2.75, 3.05) is 0 Å². The molecule has 0 saturated heterocycles. The highest BCUT2D eigenvalue weighted by atomic mass is 16.3. The van der Waals surface area contributed by atoms with Crippen LogP contribution in [0.4, 0.5) is 0 Å². The molecule has 1 aromatic heterocycles. The third-order valence-corrected chi connectivity index (χ3v) is 3.57. The summed E-state index contributed by atoms with van der Waals surface area (Å²) in [7, 11) is 0. The fourth-order valence-corrected chi connectivity index (χ4v) is 2.51. The van der Waals surface area contributed by atoms with Crippen molar-refractivity contribution in [1.82, 2.24) is 0 Å². The SMILES string of the molecule is C#Cc1c(C2=CC=CCC2)oc2cc(O)c(C(=O)N=O)cc12. The first-order chi connectivity index (χ1) is 10.7. The molecule has 1 aliphatic rings. The summed E-state index contributed by atoms with van der Waals surface area (Å²) >= 11 is 0. The van der Waals surface area contributed by atoms with E-state index in [1.165, 1.54) is 12.1 Å². The van der Waals surface area contributed by atoms with Gasteiger partial charge in [0.1, 0.15) is 17.1 Å². The Labute approximate surface area is 125 Å². The normalized spacial score (nSPS) is 13.7. The Bertz CT molecular complexity index is 894. The zero-order valence-electron chi connectivity index (χ0n) is 11.5. The van der Waals surface area contributed by atoms with Crippen molar-refractivity contribution in [2.24, 2.45) is 5.18 Å². The van der Waals surface area contributed by atoms with Crippen LogP contribution in [0.3, 0.4) is 0 Å². The second kappa shape index (κ2) is 5.34. The van der Waals surface area contributed by atoms with Crippen LogP contribution in [0.15, 0.2) is 40.0 Å². The zero-order chi connectivity index (χ0) is 15.7. The van der Waals surface area contributed by atoms with E-state index in [1.807, 2.05) is 18.2 Å². The lowest BCUT2D eigenvalue weighted by atomic mass is 9.98. The van der Waals surface area contributed by atoms with Crippen molar-refractivity contribution in [3.05, 3.63) is 52.2 Å². The number of phenolic OH excluding ortho intramolecular Hbond substituents is 1. The Kier molecular flexibility index (Phi) is 3.36. The number of carbonyl (C=O) groups is 1. The highest BCUT2D eigenvalue weighted by Crippen LogP contribution is 2.36. The van der Waals surface area contributed by atoms with Gasteiger partial charge in [-0.1, -0.05) is 24.1 Å². The van der Waals surface area contributed by atoms with E-state index in [0.717, 1.165) is 18.4 Å². The standard InChI is InChI=1S/C17H11NO4/c1-2-11-12-8-13(17(20)18-21)14(19)9-15(12)22-16(11)10-6-4-3-5-7-10/h1,3-4,6,8-9,19H,5,7H2. The van der Waals surface area contributed by atoms with Crippen molar-refractivity contribution in [3.8, 4) is 18.1 Å². The summed E-state index contributed by atoms with van der Waals surface area (Å²) < 4.78 is 5.75. The third-order valence-electron chi connectivity index (χ3n) is 3.57. The van der Waals surface area contributed by atoms with Crippen molar-refractivity contribution in [2.45, 2.75) is 12.8 Å². The molecule has 0 aliphatic heterocycles. The van der Waals surface area contributed by atoms with Gasteiger partial charge in [-0.3, -0.25) is 4.79 Å². The molecular weight excluding hydrogens is 282 g/mol. The summed E-state index contributed by atoms with van der Waals surface area (Å²) in [6.07, 6.45) is 13.1. The molecular formula is C17H11NO4. The van der Waals surface area contributed by atoms with E-state index in [4.69, 9.17) is 10.8 Å². The minimum Gasteiger partial charge on any atom is -0.507 e. The summed E-state index contributed by atoms with van der Waals surface area (Å²) in [4.78, 5) is 21.9. The number of aromatic hydroxyl groups is 1. The molecule has 0 radical (unpaired) electrons. The molecule has 5 nitrogen and oxygen atoms in total. The first-order valence-electron chi connectivity index (χ1n) is 6.65. The van der Waals surface area contributed by atoms with Crippen LogP contribution in [0, 0.1) is 17.3 Å². The van der Waals surface area contributed by atoms with Crippen molar-refractivity contribution in [3.63, 3.8) is 0 Å². The molecule has 1 heterocycles. The van der Waals surface area contributed by atoms with Crippen LogP contribution >= 0.6 is 0 Å². The third kappa shape index (κ3) is 2.11. The molecule has 0 bridgehead atoms. The van der Waals surface area contributed by atoms with Crippen molar-refractivity contribution < 1.29 is 14.3 Å². The van der Waals surface area contributed by atoms with Crippen LogP contribution in [0.1, 0.15) is 34.5 Å². The van der Waals surface area contributed by atoms with E-state index in [2.05, 4.69) is 11.1 Å². The van der Waals surface area contributed by atoms with E-state index in [9.17, 15) is 14.8 Å². The van der Waals surface area contributed by atoms with Gasteiger partial charge in [-0.05, 0) is 24.5 Å². The van der Waals surface area contributed by atoms with Gasteiger partial charge in [0.2, 0.25) is 0 Å². The monoisotopic (exact) mass is 293 g/mol. The molecule has 0 fully saturated rings. The Balaban J connectivity index is 2.27. The lowest BCUT2D eigenvalue weighted by Crippen LogP contribution is -1.94. The maximum Gasteiger partial charge on any atom is 0.320 e. The van der Waals surface area contributed by atoms with E-state index < -0.39 is 5.91 Å². The molecule has 0 spiro atoms. The van der Waals surface area contributed by atoms with Gasteiger partial charge >= 0.3 is 5.91 Å². The second-order valence-corrected chi connectivity index (χ2v) is 4.87. The molecule has 3 rings (SSSR count). The number of benzene rings is 1. The van der Waals surface area contributed by atoms with Crippen LogP contribution in [0.5, 0.6) is 5.75 Å². The Hall–Kier alpha value is -3.13. The fourth-order valence-electron chi connectivity index (χ4n) is 2.51. The van der Waals surface area contributed by atoms with E-state index >= 15 is 0 Å². The van der Waals surface area contributed by atoms with Crippen LogP contribution in [0.2, 0.25) is 0 Å². The molecule has 2 aromatic rings. The smallest absolute Gasteiger partial charge is 0.320 e. The topological polar surface area (TPSA) is 79.9 Å². The number of fused-ring (bicyclic) bond motifs is 1. The van der Waals surface area contributed by atoms with Crippen LogP contribution < -0.4 is 0 Å². The molecule has 0 atom stereocenters. The van der Waals surface area contributed by atoms with Gasteiger partial charge in [-0.2, -0.15) is 0 Å². The molecule has 22 heavy (non-hydrogen) atoms. The predicted octanol–water partition coefficient (Wildman–Crippen LogP) is 3.76. The number of allylic oxidation sites excluding steroid dienone is 4. The number of nitrogens with zero attached hydrogens (tertiary/aromatic N) is 1. The number of hydrogen-bond donors (Lipinski definition) is 1. The summed E-state index contributed by atoms with van der Waals surface area (Å²) in [5.74, 6) is 1.69. The van der Waals surface area contributed by atoms with Gasteiger partial charge in [-0.15, -0.1) is 11.3 Å². The van der Waals surface area contributed by atoms with Gasteiger partial charge in [0.15, 0.2) is 0 Å². The number of terminal acetylenes is 1. The summed E-state index contributed by atoms with van der Waals surface area (Å²) in [6.45, 7) is 0. The first-order valence-corrected chi connectivity index (χ1v) is 6.65. The molecule has 0 unspecified atom stereocenters. The van der Waals surface area contributed by atoms with Crippen LogP contribution in [0.25, 0.3) is 16.5 Å². The Morgan fingerprint density at radius 2 is 2.23 bits per heavy atom. The average Bonchev–Trinajstić information content (AvgIpc) is 2.91. The maximum absolute atomic E-state index is 11.4. The Morgan fingerprint density at radius 1 is 1.41 bits per heavy atom. The molecule has 108 valence electrons. The largest absolute Gasteiger partial charge is 0.507 e. The second-order valence-electron chi connectivity index (χ2n) is 4.87. The van der Waals surface area contributed by atoms with Gasteiger partial charge in [0.05, 0.1) is 11.1 Å². The van der Waals surface area contributed by atoms with Crippen LogP contribution in [-0.4, -0.2) is 11.0 Å².